The standard InChI is InChI=1S/C23H19ClF3N3O.C18H15BrClF3N2O.C11H9N3O3.2C11H9N3O2.C7H5ClO.C6H5BrFN.C5H6BNO2.C5H5F2N/c24-20-4-2-1-3-19(20)21(22(31)30-18-12-23(26,27)13-18)29-17-10-15(9-16(25)11-17)14-5-7-28-8-6-14;19-10-5-11(21)7-12(6-10)24-16(14-3-1-2-4-15(14)20)17(26)25-13-8-18(22,23)9-13;12-6-7-3-4-13-9(5-7)14-8(11(16)17)1-2-10(14)15;2*12-6-8-3-4-13-10(5-8)14-9(7-15)1-2-11(14)16;8-7-4-2-1-3-6(7)5-9;7-4-1-5(8)3-6(9)2-4;8-6(9)5-1-3-7-4-2-5;6-5(7)1-4(2-5)3-8/h1-11,18,21,29H,12-13H2,(H,30,31);1-7,13,16,24H,8-9H2,(H,25,26);3-5,8H,1-2H2,(H,16,17);2*3-5,7,9H,1-2H2;1-5H;1-3H,9H2;1-4,8-9H;4H,1-2H2/t;;;2*9-;;;;/m...00..../s1. The lowest BCUT2D eigenvalue weighted by atomic mass is 9.81. The van der Waals surface area contributed by atoms with E-state index in [1.54, 1.807) is 146 Å². The van der Waals surface area contributed by atoms with Crippen molar-refractivity contribution < 1.29 is 97.8 Å². The van der Waals surface area contributed by atoms with Gasteiger partial charge in [-0.2, -0.15) is 21.0 Å². The average Bonchev–Trinajstić information content (AvgIpc) is 1.75. The third kappa shape index (κ3) is 33.3. The van der Waals surface area contributed by atoms with E-state index in [1.165, 1.54) is 101 Å². The van der Waals surface area contributed by atoms with Crippen LogP contribution in [-0.4, -0.2) is 150 Å². The van der Waals surface area contributed by atoms with Crippen molar-refractivity contribution in [1.82, 2.24) is 35.6 Å². The second kappa shape index (κ2) is 52.5. The number of pyridine rings is 5. The number of carbonyl (C=O) groups excluding carboxylic acids is 8. The fourth-order valence-corrected chi connectivity index (χ4v) is 15.8. The van der Waals surface area contributed by atoms with Gasteiger partial charge in [0.25, 0.3) is 17.8 Å². The maximum Gasteiger partial charge on any atom is 0.488 e. The molecule has 3 saturated heterocycles. The summed E-state index contributed by atoms with van der Waals surface area (Å²) in [5, 5.41) is 72.8. The first-order valence-corrected chi connectivity index (χ1v) is 45.1. The van der Waals surface area contributed by atoms with Gasteiger partial charge in [-0.1, -0.05) is 121 Å². The number of amides is 5. The van der Waals surface area contributed by atoms with Crippen LogP contribution in [0.2, 0.25) is 15.1 Å². The Bertz CT molecular complexity index is 6280. The van der Waals surface area contributed by atoms with Crippen LogP contribution in [0.15, 0.2) is 240 Å². The van der Waals surface area contributed by atoms with Gasteiger partial charge in [-0.15, -0.1) is 0 Å². The molecule has 9 N–H and O–H groups in total. The summed E-state index contributed by atoms with van der Waals surface area (Å²) in [6.45, 7) is 0. The number of nitriles is 4. The molecule has 8 heterocycles. The van der Waals surface area contributed by atoms with Crippen LogP contribution in [-0.2, 0) is 38.4 Å². The molecule has 11 aromatic rings. The Hall–Kier alpha value is -14.6. The summed E-state index contributed by atoms with van der Waals surface area (Å²) in [5.74, 6) is -11.3. The number of hydrogen-bond donors (Lipinski definition) is 8. The molecule has 5 aromatic heterocycles. The molecule has 3 aliphatic carbocycles. The normalized spacial score (nSPS) is 16.8. The summed E-state index contributed by atoms with van der Waals surface area (Å²) >= 11 is 24.4. The summed E-state index contributed by atoms with van der Waals surface area (Å²) in [6.07, 6.45) is 12.9. The third-order valence-corrected chi connectivity index (χ3v) is 23.1. The van der Waals surface area contributed by atoms with Crippen molar-refractivity contribution in [2.24, 2.45) is 5.92 Å². The first-order chi connectivity index (χ1) is 67.1. The van der Waals surface area contributed by atoms with E-state index in [-0.39, 0.29) is 73.8 Å². The topological polar surface area (TPSA) is 458 Å². The minimum Gasteiger partial charge on any atom is -0.480 e. The van der Waals surface area contributed by atoms with Crippen molar-refractivity contribution in [3.8, 4) is 35.4 Å². The molecule has 17 rings (SSSR count). The van der Waals surface area contributed by atoms with Crippen molar-refractivity contribution in [3.05, 3.63) is 306 Å². The minimum absolute atomic E-state index is 0.125. The number of nitrogens with two attached hydrogens (primary N) is 1. The van der Waals surface area contributed by atoms with Crippen molar-refractivity contribution in [1.29, 1.82) is 21.0 Å². The number of aromatic nitrogens is 5. The molecule has 6 aromatic carbocycles. The zero-order valence-corrected chi connectivity index (χ0v) is 79.0. The predicted molar refractivity (Wildman–Crippen MR) is 512 cm³/mol. The fraction of sp³-hybridized carbons (Fsp3) is 0.237. The van der Waals surface area contributed by atoms with E-state index in [1.807, 2.05) is 18.2 Å². The van der Waals surface area contributed by atoms with Crippen LogP contribution in [0.3, 0.4) is 0 Å². The molecule has 728 valence electrons. The highest BCUT2D eigenvalue weighted by Crippen LogP contribution is 2.43. The fourth-order valence-electron chi connectivity index (χ4n) is 14.2. The first kappa shape index (κ1) is 110. The van der Waals surface area contributed by atoms with Crippen LogP contribution in [0.4, 0.5) is 74.0 Å². The average molecular weight is 2130 g/mol. The zero-order valence-electron chi connectivity index (χ0n) is 73.6. The number of benzene rings is 6. The molecule has 0 spiro atoms. The van der Waals surface area contributed by atoms with Gasteiger partial charge in [-0.05, 0) is 169 Å². The Labute approximate surface area is 833 Å². The molecule has 44 heteroatoms. The van der Waals surface area contributed by atoms with Crippen LogP contribution >= 0.6 is 66.7 Å². The molecular weight excluding hydrogens is 2040 g/mol. The molecule has 0 radical (unpaired) electrons. The van der Waals surface area contributed by atoms with Crippen LogP contribution in [0, 0.1) is 68.7 Å². The highest BCUT2D eigenvalue weighted by molar-refractivity contribution is 9.10. The number of hydrogen-bond acceptors (Lipinski definition) is 23. The van der Waals surface area contributed by atoms with E-state index in [4.69, 9.17) is 76.7 Å². The van der Waals surface area contributed by atoms with Crippen molar-refractivity contribution >= 4 is 168 Å². The molecule has 3 aliphatic heterocycles. The van der Waals surface area contributed by atoms with Gasteiger partial charge in [0, 0.05) is 166 Å². The number of carboxylic acid groups (broad SMARTS) is 1. The second-order valence-corrected chi connectivity index (χ2v) is 34.6. The van der Waals surface area contributed by atoms with Gasteiger partial charge in [-0.3, -0.25) is 53.4 Å². The number of anilines is 6. The van der Waals surface area contributed by atoms with Crippen molar-refractivity contribution in [3.63, 3.8) is 0 Å². The lowest BCUT2D eigenvalue weighted by Gasteiger charge is -2.36. The predicted octanol–water partition coefficient (Wildman–Crippen LogP) is 17.4. The van der Waals surface area contributed by atoms with Crippen molar-refractivity contribution in [2.75, 3.05) is 31.1 Å². The Morgan fingerprint density at radius 1 is 0.482 bits per heavy atom. The summed E-state index contributed by atoms with van der Waals surface area (Å²) < 4.78 is 118. The molecule has 0 bridgehead atoms. The van der Waals surface area contributed by atoms with E-state index < -0.39 is 109 Å². The maximum atomic E-state index is 14.3. The van der Waals surface area contributed by atoms with Crippen molar-refractivity contribution in [2.45, 2.75) is 137 Å². The number of nitrogen functional groups attached to an aromatic ring is 1. The number of rotatable bonds is 19. The Morgan fingerprint density at radius 3 is 1.23 bits per heavy atom. The Balaban J connectivity index is 0.000000184. The number of nitrogens with zero attached hydrogens (tertiary/aromatic N) is 12. The first-order valence-electron chi connectivity index (χ1n) is 42.3. The lowest BCUT2D eigenvalue weighted by molar-refractivity contribution is -0.139. The van der Waals surface area contributed by atoms with Gasteiger partial charge in [-0.25, -0.2) is 59.3 Å². The summed E-state index contributed by atoms with van der Waals surface area (Å²) in [4.78, 5) is 127. The molecule has 141 heavy (non-hydrogen) atoms. The van der Waals surface area contributed by atoms with Crippen LogP contribution < -0.4 is 47.2 Å². The van der Waals surface area contributed by atoms with Gasteiger partial charge in [0.15, 0.2) is 6.29 Å². The number of carboxylic acids is 1. The SMILES string of the molecule is N#CC1CC(F)(F)C1.N#Cc1ccnc(N2C(=O)CCC2C(=O)O)c1.N#Cc1ccnc(N2C(=O)CC[C@H]2C=O)c1.N#Cc1ccnc(N2C(=O)CC[C@H]2C=O)c1.Nc1cc(F)cc(Br)c1.O=C(NC1CC(F)(F)C1)C(Nc1cc(F)cc(-c2ccncc2)c1)c1ccccc1Cl.O=C(NC1CC(F)(F)C1)C(Nc1cc(F)cc(Br)c1)c1ccccc1Cl.O=Cc1ccccc1Cl.OB(O)c1ccncc1. The molecular formula is C97H82BBr2Cl3F9N17O12. The number of aldehydes is 3. The largest absolute Gasteiger partial charge is 0.488 e. The third-order valence-electron chi connectivity index (χ3n) is 21.1. The highest BCUT2D eigenvalue weighted by atomic mass is 79.9. The monoisotopic (exact) mass is 2120 g/mol. The molecule has 3 saturated carbocycles. The van der Waals surface area contributed by atoms with E-state index >= 15 is 0 Å². The lowest BCUT2D eigenvalue weighted by Crippen LogP contribution is -2.52. The van der Waals surface area contributed by atoms with E-state index in [9.17, 15) is 82.7 Å². The Morgan fingerprint density at radius 2 is 0.872 bits per heavy atom. The quantitative estimate of drug-likeness (QED) is 0.0161. The molecule has 6 aliphatic rings. The van der Waals surface area contributed by atoms with Crippen LogP contribution in [0.1, 0.15) is 127 Å². The number of aliphatic carboxylic acids is 1. The number of halogens is 14. The molecule has 6 fully saturated rings. The summed E-state index contributed by atoms with van der Waals surface area (Å²) in [6, 6.07) is 51.4. The van der Waals surface area contributed by atoms with E-state index in [2.05, 4.69) is 78.0 Å². The van der Waals surface area contributed by atoms with Gasteiger partial charge < -0.3 is 51.7 Å². The van der Waals surface area contributed by atoms with Crippen LogP contribution in [0.25, 0.3) is 11.1 Å². The maximum absolute atomic E-state index is 14.3. The highest BCUT2D eigenvalue weighted by Gasteiger charge is 2.49. The van der Waals surface area contributed by atoms with Crippen LogP contribution in [0.5, 0.6) is 0 Å². The van der Waals surface area contributed by atoms with Gasteiger partial charge >= 0.3 is 13.1 Å². The van der Waals surface area contributed by atoms with Gasteiger partial charge in [0.05, 0.1) is 64.0 Å². The molecule has 3 unspecified atom stereocenters. The second-order valence-electron chi connectivity index (χ2n) is 31.6. The summed E-state index contributed by atoms with van der Waals surface area (Å²) in [7, 11) is -1.38. The summed E-state index contributed by atoms with van der Waals surface area (Å²) in [5.41, 5.74) is 10.9. The smallest absolute Gasteiger partial charge is 0.480 e. The number of alkyl halides is 6. The number of carbonyl (C=O) groups is 9. The van der Waals surface area contributed by atoms with Gasteiger partial charge in [0.1, 0.15) is 65.6 Å². The van der Waals surface area contributed by atoms with E-state index in [0.717, 1.165) is 29.3 Å². The van der Waals surface area contributed by atoms with Gasteiger partial charge in [0.2, 0.25) is 29.5 Å². The Kier molecular flexibility index (Phi) is 41.0. The molecule has 29 nitrogen and oxygen atoms in total. The van der Waals surface area contributed by atoms with E-state index in [0.29, 0.717) is 123 Å². The molecule has 5 atom stereocenters. The minimum atomic E-state index is -2.76. The number of nitrogens with one attached hydrogen (secondary N) is 4. The zero-order chi connectivity index (χ0) is 103. The molecule has 5 amide bonds.